The second kappa shape index (κ2) is 18.1. The van der Waals surface area contributed by atoms with Crippen LogP contribution in [0.25, 0.3) is 16.9 Å². The van der Waals surface area contributed by atoms with Crippen molar-refractivity contribution >= 4 is 23.6 Å². The Morgan fingerprint density at radius 3 is 2.22 bits per heavy atom. The van der Waals surface area contributed by atoms with E-state index in [4.69, 9.17) is 9.47 Å². The highest BCUT2D eigenvalue weighted by Gasteiger charge is 2.23. The summed E-state index contributed by atoms with van der Waals surface area (Å²) in [7, 11) is 0. The summed E-state index contributed by atoms with van der Waals surface area (Å²) in [4.78, 5) is 49.6. The highest BCUT2D eigenvalue weighted by molar-refractivity contribution is 5.88. The minimum atomic E-state index is -0.671. The zero-order chi connectivity index (χ0) is 33.5. The fraction of sp³-hybridized carbons (Fsp3) is 0.455. The average Bonchev–Trinajstić information content (AvgIpc) is 3.51. The van der Waals surface area contributed by atoms with Gasteiger partial charge >= 0.3 is 0 Å². The monoisotopic (exact) mass is 635 g/mol. The van der Waals surface area contributed by atoms with Gasteiger partial charge in [0.05, 0.1) is 12.7 Å². The van der Waals surface area contributed by atoms with E-state index in [9.17, 15) is 19.2 Å². The number of ether oxygens (including phenoxy) is 2. The van der Waals surface area contributed by atoms with Crippen LogP contribution >= 0.6 is 0 Å². The number of aromatic nitrogens is 3. The first-order chi connectivity index (χ1) is 22.1. The van der Waals surface area contributed by atoms with Crippen LogP contribution in [0.2, 0.25) is 0 Å². The number of nitrogens with one attached hydrogen (secondary N) is 4. The first kappa shape index (κ1) is 35.5. The quantitative estimate of drug-likeness (QED) is 0.155. The third-order valence-corrected chi connectivity index (χ3v) is 6.57. The maximum absolute atomic E-state index is 12.8. The van der Waals surface area contributed by atoms with E-state index in [0.717, 1.165) is 12.8 Å². The van der Waals surface area contributed by atoms with Gasteiger partial charge in [-0.25, -0.2) is 4.68 Å². The molecule has 13 nitrogen and oxygen atoms in total. The van der Waals surface area contributed by atoms with Crippen molar-refractivity contribution in [1.82, 2.24) is 36.3 Å². The number of hydrogen-bond acceptors (Lipinski definition) is 8. The smallest absolute Gasteiger partial charge is 0.258 e. The lowest BCUT2D eigenvalue weighted by atomic mass is 10.0. The summed E-state index contributed by atoms with van der Waals surface area (Å²) in [5.41, 5.74) is 1.62. The van der Waals surface area contributed by atoms with Gasteiger partial charge in [-0.2, -0.15) is 0 Å². The molecule has 1 aromatic heterocycles. The molecule has 3 rings (SSSR count). The third-order valence-electron chi connectivity index (χ3n) is 6.57. The highest BCUT2D eigenvalue weighted by atomic mass is 16.5. The molecular formula is C33H45N7O6. The number of para-hydroxylation sites is 3. The summed E-state index contributed by atoms with van der Waals surface area (Å²) in [6.07, 6.45) is 4.01. The number of unbranched alkanes of at least 4 members (excludes halogenated alkanes) is 1. The minimum absolute atomic E-state index is 0.0487. The molecule has 2 aromatic carbocycles. The van der Waals surface area contributed by atoms with Gasteiger partial charge in [0.25, 0.3) is 11.8 Å². The summed E-state index contributed by atoms with van der Waals surface area (Å²) >= 11 is 0. The van der Waals surface area contributed by atoms with Gasteiger partial charge in [0, 0.05) is 18.2 Å². The Kier molecular flexibility index (Phi) is 14.0. The number of rotatable bonds is 18. The Bertz CT molecular complexity index is 1460. The lowest BCUT2D eigenvalue weighted by molar-refractivity contribution is -0.130. The van der Waals surface area contributed by atoms with E-state index in [1.807, 2.05) is 40.7 Å². The van der Waals surface area contributed by atoms with E-state index in [-0.39, 0.29) is 43.5 Å². The lowest BCUT2D eigenvalue weighted by Crippen LogP contribution is -2.50. The molecule has 248 valence electrons. The van der Waals surface area contributed by atoms with Crippen molar-refractivity contribution in [3.05, 3.63) is 54.7 Å². The molecule has 0 saturated heterocycles. The molecular weight excluding hydrogens is 590 g/mol. The first-order valence-electron chi connectivity index (χ1n) is 15.6. The Labute approximate surface area is 269 Å². The molecule has 4 amide bonds. The van der Waals surface area contributed by atoms with Gasteiger partial charge in [-0.15, -0.1) is 5.10 Å². The normalized spacial score (nSPS) is 11.5. The minimum Gasteiger partial charge on any atom is -0.483 e. The molecule has 0 saturated carbocycles. The maximum atomic E-state index is 12.8. The number of benzene rings is 2. The molecule has 0 aliphatic carbocycles. The Hall–Kier alpha value is -4.94. The van der Waals surface area contributed by atoms with Crippen LogP contribution < -0.4 is 30.7 Å². The Morgan fingerprint density at radius 2 is 1.50 bits per heavy atom. The second-order valence-electron chi connectivity index (χ2n) is 11.5. The Morgan fingerprint density at radius 1 is 0.826 bits per heavy atom. The second-order valence-corrected chi connectivity index (χ2v) is 11.5. The topological polar surface area (TPSA) is 166 Å². The first-order valence-corrected chi connectivity index (χ1v) is 15.6. The van der Waals surface area contributed by atoms with Gasteiger partial charge in [-0.05, 0) is 56.9 Å². The molecule has 0 bridgehead atoms. The van der Waals surface area contributed by atoms with E-state index in [2.05, 4.69) is 31.6 Å². The summed E-state index contributed by atoms with van der Waals surface area (Å²) < 4.78 is 13.1. The summed E-state index contributed by atoms with van der Waals surface area (Å²) in [6, 6.07) is 13.4. The van der Waals surface area contributed by atoms with E-state index < -0.39 is 17.9 Å². The standard InChI is InChI=1S/C33H45N7O6/c1-6-7-16-34-30(41)18-35-31(42)20-45-28-14-10-8-12-24(28)26-19-40(39-38-26)27-13-9-11-15-29(27)46-21-32(43)37-25(17-22(2)3)33(44)36-23(4)5/h8-15,19,22-23,25H,6-7,16-18,20-21H2,1-5H3,(H,34,41)(H,35,42)(H,36,44)(H,37,43)/t25-/m0/s1. The number of hydrogen-bond donors (Lipinski definition) is 4. The number of amides is 4. The van der Waals surface area contributed by atoms with Crippen molar-refractivity contribution < 1.29 is 28.7 Å². The van der Waals surface area contributed by atoms with Crippen molar-refractivity contribution in [2.24, 2.45) is 5.92 Å². The summed E-state index contributed by atoms with van der Waals surface area (Å²) in [5.74, 6) is -0.346. The van der Waals surface area contributed by atoms with Crippen molar-refractivity contribution in [3.63, 3.8) is 0 Å². The predicted octanol–water partition coefficient (Wildman–Crippen LogP) is 2.78. The van der Waals surface area contributed by atoms with Crippen molar-refractivity contribution in [3.8, 4) is 28.4 Å². The van der Waals surface area contributed by atoms with Gasteiger partial charge < -0.3 is 30.7 Å². The van der Waals surface area contributed by atoms with Crippen LogP contribution in [0.4, 0.5) is 0 Å². The van der Waals surface area contributed by atoms with Gasteiger partial charge in [0.2, 0.25) is 11.8 Å². The van der Waals surface area contributed by atoms with E-state index in [0.29, 0.717) is 41.4 Å². The molecule has 46 heavy (non-hydrogen) atoms. The largest absolute Gasteiger partial charge is 0.483 e. The van der Waals surface area contributed by atoms with Crippen LogP contribution in [0, 0.1) is 5.92 Å². The highest BCUT2D eigenvalue weighted by Crippen LogP contribution is 2.30. The van der Waals surface area contributed by atoms with Crippen LogP contribution in [0.5, 0.6) is 11.5 Å². The molecule has 0 spiro atoms. The van der Waals surface area contributed by atoms with Gasteiger partial charge in [0.15, 0.2) is 13.2 Å². The van der Waals surface area contributed by atoms with Gasteiger partial charge in [-0.3, -0.25) is 19.2 Å². The fourth-order valence-corrected chi connectivity index (χ4v) is 4.39. The SMILES string of the molecule is CCCCNC(=O)CNC(=O)COc1ccccc1-c1cn(-c2ccccc2OCC(=O)N[C@@H](CC(C)C)C(=O)NC(C)C)nn1. The summed E-state index contributed by atoms with van der Waals surface area (Å²) in [6.45, 7) is 9.59. The number of carbonyl (C=O) groups is 4. The fourth-order valence-electron chi connectivity index (χ4n) is 4.39. The van der Waals surface area contributed by atoms with Gasteiger partial charge in [-0.1, -0.05) is 56.7 Å². The molecule has 4 N–H and O–H groups in total. The molecule has 3 aromatic rings. The van der Waals surface area contributed by atoms with Gasteiger partial charge in [0.1, 0.15) is 28.9 Å². The molecule has 0 radical (unpaired) electrons. The van der Waals surface area contributed by atoms with E-state index >= 15 is 0 Å². The molecule has 1 heterocycles. The third kappa shape index (κ3) is 11.5. The number of nitrogens with zero attached hydrogens (tertiary/aromatic N) is 3. The molecule has 1 atom stereocenters. The number of carbonyl (C=O) groups excluding carboxylic acids is 4. The van der Waals surface area contributed by atoms with E-state index in [1.54, 1.807) is 48.7 Å². The average molecular weight is 636 g/mol. The molecule has 13 heteroatoms. The zero-order valence-electron chi connectivity index (χ0n) is 27.2. The zero-order valence-corrected chi connectivity index (χ0v) is 27.2. The Balaban J connectivity index is 1.64. The maximum Gasteiger partial charge on any atom is 0.258 e. The molecule has 0 aliphatic heterocycles. The van der Waals surface area contributed by atoms with Crippen LogP contribution in [-0.2, 0) is 19.2 Å². The van der Waals surface area contributed by atoms with Crippen LogP contribution in [0.15, 0.2) is 54.7 Å². The lowest BCUT2D eigenvalue weighted by Gasteiger charge is -2.21. The predicted molar refractivity (Wildman–Crippen MR) is 173 cm³/mol. The van der Waals surface area contributed by atoms with Crippen LogP contribution in [0.3, 0.4) is 0 Å². The van der Waals surface area contributed by atoms with Crippen LogP contribution in [-0.4, -0.2) is 77.0 Å². The van der Waals surface area contributed by atoms with Crippen molar-refractivity contribution in [2.45, 2.75) is 66.0 Å². The molecule has 0 unspecified atom stereocenters. The van der Waals surface area contributed by atoms with Crippen molar-refractivity contribution in [1.29, 1.82) is 0 Å². The molecule has 0 fully saturated rings. The van der Waals surface area contributed by atoms with Crippen molar-refractivity contribution in [2.75, 3.05) is 26.3 Å². The summed E-state index contributed by atoms with van der Waals surface area (Å²) in [5, 5.41) is 19.5. The van der Waals surface area contributed by atoms with Crippen LogP contribution in [0.1, 0.15) is 53.9 Å². The van der Waals surface area contributed by atoms with E-state index in [1.165, 1.54) is 4.68 Å². The molecule has 0 aliphatic rings.